The number of aromatic nitrogens is 3. The molecule has 14 heteroatoms. The first-order valence-corrected chi connectivity index (χ1v) is 14.8. The fraction of sp³-hybridized carbons (Fsp3) is 0.379. The summed E-state index contributed by atoms with van der Waals surface area (Å²) in [6.45, 7) is 4.81. The number of β-amino-alcohol motifs (C(OH)–C–C–N with tert-alkyl or cyclic N) is 1. The van der Waals surface area contributed by atoms with Gasteiger partial charge in [0, 0.05) is 51.9 Å². The molecule has 2 N–H and O–H groups in total. The number of amides is 1. The molecule has 1 amide bonds. The van der Waals surface area contributed by atoms with Gasteiger partial charge in [-0.05, 0) is 36.8 Å². The van der Waals surface area contributed by atoms with Gasteiger partial charge in [0.1, 0.15) is 22.5 Å². The molecule has 224 valence electrons. The molecular weight excluding hydrogens is 578 g/mol. The number of hydrogen-bond donors (Lipinski definition) is 2. The molecule has 11 nitrogen and oxygen atoms in total. The molecule has 0 bridgehead atoms. The number of hydrogen-bond acceptors (Lipinski definition) is 10. The quantitative estimate of drug-likeness (QED) is 0.326. The SMILES string of the molecule is CCc1nn2c(O)c(F)c(N3CCN(CC(=O)N4CC(O)C4)CC3)cc2c1N(C)c1nc(-c2ccc(F)cc2)c(C#N)s1. The molecule has 43 heavy (non-hydrogen) atoms. The Kier molecular flexibility index (Phi) is 7.63. The van der Waals surface area contributed by atoms with E-state index in [1.54, 1.807) is 35.0 Å². The van der Waals surface area contributed by atoms with Crippen LogP contribution >= 0.6 is 11.3 Å². The lowest BCUT2D eigenvalue weighted by Gasteiger charge is -2.39. The Balaban J connectivity index is 1.30. The maximum atomic E-state index is 15.6. The third-order valence-electron chi connectivity index (χ3n) is 7.94. The normalized spacial score (nSPS) is 16.0. The summed E-state index contributed by atoms with van der Waals surface area (Å²) in [6.07, 6.45) is 0.0349. The van der Waals surface area contributed by atoms with E-state index in [9.17, 15) is 24.7 Å². The standard InChI is InChI=1S/C29H30F2N8O3S/c1-3-20-27(35(2)29-33-26(23(13-32)43-29)17-4-6-18(30)7-5-17)22-12-21(25(31)28(42)39(22)34-20)37-10-8-36(9-11-37)16-24(41)38-14-19(40)15-38/h4-7,12,19,40,42H,3,8-11,14-16H2,1-2H3. The number of halogens is 2. The molecule has 0 unspecified atom stereocenters. The molecule has 6 rings (SSSR count). The first-order valence-electron chi connectivity index (χ1n) is 13.9. The molecular formula is C29H30F2N8O3S. The largest absolute Gasteiger partial charge is 0.491 e. The average Bonchev–Trinajstić information content (AvgIpc) is 3.60. The van der Waals surface area contributed by atoms with Crippen LogP contribution < -0.4 is 9.80 Å². The second-order valence-electron chi connectivity index (χ2n) is 10.7. The van der Waals surface area contributed by atoms with Crippen molar-refractivity contribution < 1.29 is 23.8 Å². The number of rotatable bonds is 7. The molecule has 0 saturated carbocycles. The van der Waals surface area contributed by atoms with Crippen molar-refractivity contribution in [2.24, 2.45) is 0 Å². The van der Waals surface area contributed by atoms with E-state index in [1.165, 1.54) is 28.0 Å². The zero-order valence-electron chi connectivity index (χ0n) is 23.7. The van der Waals surface area contributed by atoms with Crippen LogP contribution in [-0.2, 0) is 11.2 Å². The van der Waals surface area contributed by atoms with Crippen LogP contribution in [0.25, 0.3) is 16.8 Å². The number of nitrogens with zero attached hydrogens (tertiary/aromatic N) is 8. The number of aliphatic hydroxyl groups is 1. The van der Waals surface area contributed by atoms with Crippen molar-refractivity contribution in [1.29, 1.82) is 5.26 Å². The van der Waals surface area contributed by atoms with E-state index in [2.05, 4.69) is 11.2 Å². The summed E-state index contributed by atoms with van der Waals surface area (Å²) in [4.78, 5) is 24.7. The van der Waals surface area contributed by atoms with Crippen molar-refractivity contribution in [3.63, 3.8) is 0 Å². The molecule has 5 heterocycles. The number of carbonyl (C=O) groups excluding carboxylic acids is 1. The van der Waals surface area contributed by atoms with Crippen LogP contribution in [0.1, 0.15) is 17.5 Å². The summed E-state index contributed by atoms with van der Waals surface area (Å²) in [5.41, 5.74) is 2.95. The molecule has 2 aliphatic heterocycles. The molecule has 2 saturated heterocycles. The summed E-state index contributed by atoms with van der Waals surface area (Å²) in [6, 6.07) is 9.60. The van der Waals surface area contributed by atoms with Gasteiger partial charge in [-0.3, -0.25) is 9.69 Å². The number of anilines is 3. The van der Waals surface area contributed by atoms with Crippen molar-refractivity contribution in [3.8, 4) is 23.2 Å². The first kappa shape index (κ1) is 28.8. The fourth-order valence-corrected chi connectivity index (χ4v) is 6.37. The van der Waals surface area contributed by atoms with Gasteiger partial charge in [-0.1, -0.05) is 18.3 Å². The number of nitriles is 1. The van der Waals surface area contributed by atoms with Crippen LogP contribution in [0.15, 0.2) is 30.3 Å². The Labute approximate surface area is 250 Å². The number of piperazine rings is 1. The number of pyridine rings is 1. The lowest BCUT2D eigenvalue weighted by Crippen LogP contribution is -2.57. The van der Waals surface area contributed by atoms with Crippen LogP contribution in [0.2, 0.25) is 0 Å². The number of aryl methyl sites for hydroxylation is 1. The number of aromatic hydroxyl groups is 1. The van der Waals surface area contributed by atoms with Crippen LogP contribution in [0.4, 0.5) is 25.3 Å². The molecule has 0 aliphatic carbocycles. The van der Waals surface area contributed by atoms with Gasteiger partial charge in [0.25, 0.3) is 5.88 Å². The minimum absolute atomic E-state index is 0.0349. The van der Waals surface area contributed by atoms with Gasteiger partial charge in [-0.15, -0.1) is 0 Å². The van der Waals surface area contributed by atoms with E-state index in [0.29, 0.717) is 83.9 Å². The van der Waals surface area contributed by atoms with E-state index in [1.807, 2.05) is 16.7 Å². The summed E-state index contributed by atoms with van der Waals surface area (Å²) >= 11 is 1.17. The molecule has 1 aromatic carbocycles. The molecule has 0 radical (unpaired) electrons. The number of aliphatic hydroxyl groups excluding tert-OH is 1. The first-order chi connectivity index (χ1) is 20.7. The highest BCUT2D eigenvalue weighted by Gasteiger charge is 2.32. The smallest absolute Gasteiger partial charge is 0.251 e. The predicted octanol–water partition coefficient (Wildman–Crippen LogP) is 2.97. The third-order valence-corrected chi connectivity index (χ3v) is 8.98. The lowest BCUT2D eigenvalue weighted by molar-refractivity contribution is -0.142. The topological polar surface area (TPSA) is 124 Å². The summed E-state index contributed by atoms with van der Waals surface area (Å²) in [5, 5.41) is 35.2. The highest BCUT2D eigenvalue weighted by atomic mass is 32.1. The van der Waals surface area contributed by atoms with E-state index < -0.39 is 17.8 Å². The van der Waals surface area contributed by atoms with Crippen LogP contribution in [0, 0.1) is 23.0 Å². The highest BCUT2D eigenvalue weighted by molar-refractivity contribution is 7.16. The second-order valence-corrected chi connectivity index (χ2v) is 11.7. The monoisotopic (exact) mass is 608 g/mol. The zero-order chi connectivity index (χ0) is 30.4. The van der Waals surface area contributed by atoms with Gasteiger partial charge in [0.2, 0.25) is 11.7 Å². The van der Waals surface area contributed by atoms with Crippen molar-refractivity contribution in [2.45, 2.75) is 19.4 Å². The minimum Gasteiger partial charge on any atom is -0.491 e. The Morgan fingerprint density at radius 2 is 1.88 bits per heavy atom. The summed E-state index contributed by atoms with van der Waals surface area (Å²) in [7, 11) is 1.78. The maximum Gasteiger partial charge on any atom is 0.251 e. The van der Waals surface area contributed by atoms with Crippen LogP contribution in [0.3, 0.4) is 0 Å². The Bertz CT molecular complexity index is 1720. The molecule has 4 aromatic rings. The van der Waals surface area contributed by atoms with Gasteiger partial charge in [0.05, 0.1) is 35.2 Å². The molecule has 2 aliphatic rings. The Morgan fingerprint density at radius 1 is 1.19 bits per heavy atom. The number of benzene rings is 1. The Hall–Kier alpha value is -4.32. The molecule has 3 aromatic heterocycles. The molecule has 0 spiro atoms. The maximum absolute atomic E-state index is 15.6. The van der Waals surface area contributed by atoms with Crippen molar-refractivity contribution in [2.75, 3.05) is 62.7 Å². The van der Waals surface area contributed by atoms with Gasteiger partial charge in [-0.2, -0.15) is 19.3 Å². The van der Waals surface area contributed by atoms with Crippen molar-refractivity contribution >= 4 is 39.3 Å². The van der Waals surface area contributed by atoms with Gasteiger partial charge < -0.3 is 24.9 Å². The zero-order valence-corrected chi connectivity index (χ0v) is 24.5. The average molecular weight is 609 g/mol. The second kappa shape index (κ2) is 11.4. The van der Waals surface area contributed by atoms with Gasteiger partial charge >= 0.3 is 0 Å². The number of fused-ring (bicyclic) bond motifs is 1. The van der Waals surface area contributed by atoms with E-state index in [4.69, 9.17) is 4.98 Å². The highest BCUT2D eigenvalue weighted by Crippen LogP contribution is 2.41. The van der Waals surface area contributed by atoms with Crippen molar-refractivity contribution in [3.05, 3.63) is 52.5 Å². The lowest BCUT2D eigenvalue weighted by atomic mass is 10.1. The number of carbonyl (C=O) groups is 1. The third kappa shape index (κ3) is 5.24. The minimum atomic E-state index is -0.787. The van der Waals surface area contributed by atoms with Crippen LogP contribution in [-0.4, -0.2) is 99.5 Å². The van der Waals surface area contributed by atoms with E-state index in [-0.39, 0.29) is 24.0 Å². The van der Waals surface area contributed by atoms with E-state index >= 15 is 4.39 Å². The van der Waals surface area contributed by atoms with Gasteiger partial charge in [0.15, 0.2) is 5.13 Å². The molecule has 0 atom stereocenters. The molecule has 2 fully saturated rings. The van der Waals surface area contributed by atoms with Gasteiger partial charge in [-0.25, -0.2) is 9.37 Å². The number of thiazole rings is 1. The summed E-state index contributed by atoms with van der Waals surface area (Å²) in [5.74, 6) is -1.82. The number of likely N-dealkylation sites (tertiary alicyclic amines) is 1. The van der Waals surface area contributed by atoms with Crippen LogP contribution in [0.5, 0.6) is 5.88 Å². The summed E-state index contributed by atoms with van der Waals surface area (Å²) < 4.78 is 30.3. The van der Waals surface area contributed by atoms with E-state index in [0.717, 1.165) is 0 Å². The fourth-order valence-electron chi connectivity index (χ4n) is 5.52. The van der Waals surface area contributed by atoms with Crippen molar-refractivity contribution in [1.82, 2.24) is 24.4 Å². The predicted molar refractivity (Wildman–Crippen MR) is 158 cm³/mol. The Morgan fingerprint density at radius 3 is 2.51 bits per heavy atom.